The minimum Gasteiger partial charge on any atom is -0.422 e. The maximum atomic E-state index is 13.2. The molecule has 2 aromatic carbocycles. The molecule has 5 nitrogen and oxygen atoms in total. The van der Waals surface area contributed by atoms with E-state index in [1.54, 1.807) is 29.4 Å². The second-order valence-corrected chi connectivity index (χ2v) is 7.66. The fraction of sp³-hybridized carbons (Fsp3) is 0.125. The number of amides is 1. The number of hydrogen-bond acceptors (Lipinski definition) is 4. The minimum absolute atomic E-state index is 0.114. The van der Waals surface area contributed by atoms with Gasteiger partial charge in [-0.15, -0.1) is 0 Å². The van der Waals surface area contributed by atoms with Crippen LogP contribution >= 0.6 is 0 Å². The Morgan fingerprint density at radius 1 is 0.966 bits per heavy atom. The summed E-state index contributed by atoms with van der Waals surface area (Å²) in [5.74, 6) is 0.259. The second kappa shape index (κ2) is 5.64. The third-order valence-electron chi connectivity index (χ3n) is 5.94. The molecular weight excluding hydrogens is 364 g/mol. The number of rotatable bonds is 2. The van der Waals surface area contributed by atoms with Gasteiger partial charge in [0.25, 0.3) is 0 Å². The lowest BCUT2D eigenvalue weighted by molar-refractivity contribution is -0.119. The van der Waals surface area contributed by atoms with Crippen LogP contribution in [0.1, 0.15) is 39.9 Å². The number of anilines is 2. The third-order valence-corrected chi connectivity index (χ3v) is 5.94. The Morgan fingerprint density at radius 3 is 2.55 bits per heavy atom. The molecule has 0 N–H and O–H groups in total. The monoisotopic (exact) mass is 380 g/mol. The molecule has 1 saturated carbocycles. The van der Waals surface area contributed by atoms with E-state index in [4.69, 9.17) is 4.74 Å². The summed E-state index contributed by atoms with van der Waals surface area (Å²) in [6.07, 6.45) is 6.98. The van der Waals surface area contributed by atoms with Gasteiger partial charge in [-0.3, -0.25) is 14.7 Å². The summed E-state index contributed by atoms with van der Waals surface area (Å²) in [7, 11) is 0. The summed E-state index contributed by atoms with van der Waals surface area (Å²) in [5, 5.41) is 0. The van der Waals surface area contributed by atoms with Crippen LogP contribution in [-0.2, 0) is 14.9 Å². The predicted molar refractivity (Wildman–Crippen MR) is 108 cm³/mol. The number of ether oxygens (including phenoxy) is 1. The van der Waals surface area contributed by atoms with Gasteiger partial charge in [-0.05, 0) is 48.2 Å². The van der Waals surface area contributed by atoms with Crippen LogP contribution in [-0.4, -0.2) is 16.9 Å². The Bertz CT molecular complexity index is 1240. The van der Waals surface area contributed by atoms with Crippen molar-refractivity contribution in [3.05, 3.63) is 89.2 Å². The van der Waals surface area contributed by atoms with E-state index in [2.05, 4.69) is 11.1 Å². The average Bonchev–Trinajstić information content (AvgIpc) is 3.44. The Kier molecular flexibility index (Phi) is 3.16. The summed E-state index contributed by atoms with van der Waals surface area (Å²) in [6, 6.07) is 17.2. The van der Waals surface area contributed by atoms with Crippen LogP contribution in [0.4, 0.5) is 11.4 Å². The van der Waals surface area contributed by atoms with Gasteiger partial charge in [0.05, 0.1) is 28.6 Å². The van der Waals surface area contributed by atoms with E-state index >= 15 is 0 Å². The van der Waals surface area contributed by atoms with Crippen LogP contribution in [0, 0.1) is 0 Å². The van der Waals surface area contributed by atoms with Crippen molar-refractivity contribution < 1.29 is 14.3 Å². The first-order valence-electron chi connectivity index (χ1n) is 9.60. The van der Waals surface area contributed by atoms with Crippen LogP contribution in [0.3, 0.4) is 0 Å². The van der Waals surface area contributed by atoms with E-state index in [0.717, 1.165) is 40.9 Å². The Hall–Kier alpha value is -3.73. The molecule has 0 radical (unpaired) electrons. The van der Waals surface area contributed by atoms with Crippen molar-refractivity contribution in [3.63, 3.8) is 0 Å². The number of aromatic nitrogens is 1. The molecule has 29 heavy (non-hydrogen) atoms. The zero-order chi connectivity index (χ0) is 19.6. The Balaban J connectivity index is 1.42. The molecule has 3 heterocycles. The first-order valence-corrected chi connectivity index (χ1v) is 9.60. The summed E-state index contributed by atoms with van der Waals surface area (Å²) in [6.45, 7) is 0. The van der Waals surface area contributed by atoms with E-state index in [9.17, 15) is 9.59 Å². The van der Waals surface area contributed by atoms with Gasteiger partial charge in [-0.2, -0.15) is 0 Å². The van der Waals surface area contributed by atoms with Crippen LogP contribution in [0.2, 0.25) is 0 Å². The lowest BCUT2D eigenvalue weighted by Gasteiger charge is -2.18. The first-order chi connectivity index (χ1) is 14.2. The maximum Gasteiger partial charge on any atom is 0.344 e. The predicted octanol–water partition coefficient (Wildman–Crippen LogP) is 4.46. The van der Waals surface area contributed by atoms with Crippen LogP contribution in [0.15, 0.2) is 67.0 Å². The lowest BCUT2D eigenvalue weighted by atomic mass is 9.98. The molecule has 0 unspecified atom stereocenters. The quantitative estimate of drug-likeness (QED) is 0.616. The average molecular weight is 380 g/mol. The fourth-order valence-corrected chi connectivity index (χ4v) is 4.37. The van der Waals surface area contributed by atoms with Crippen LogP contribution in [0.5, 0.6) is 0 Å². The van der Waals surface area contributed by atoms with Crippen LogP contribution in [0.25, 0.3) is 11.8 Å². The summed E-state index contributed by atoms with van der Waals surface area (Å²) >= 11 is 0. The summed E-state index contributed by atoms with van der Waals surface area (Å²) in [5.41, 5.74) is 4.49. The standard InChI is InChI=1S/C24H16N2O3/c27-22-18-6-2-1-5-17(18)21(29-22)12-15-11-16(14-25-13-15)26-20-8-4-3-7-19(20)24(9-10-24)23(26)28/h1-8,11-14H,9-10H2. The molecule has 1 aliphatic carbocycles. The third kappa shape index (κ3) is 2.24. The van der Waals surface area contributed by atoms with Crippen molar-refractivity contribution in [2.75, 3.05) is 4.90 Å². The zero-order valence-electron chi connectivity index (χ0n) is 15.5. The number of carbonyl (C=O) groups excluding carboxylic acids is 2. The van der Waals surface area contributed by atoms with Gasteiger partial charge >= 0.3 is 5.97 Å². The number of hydrogen-bond donors (Lipinski definition) is 0. The molecule has 140 valence electrons. The van der Waals surface area contributed by atoms with E-state index in [1.165, 1.54) is 0 Å². The molecule has 6 rings (SSSR count). The highest BCUT2D eigenvalue weighted by Gasteiger charge is 2.59. The Morgan fingerprint density at radius 2 is 1.72 bits per heavy atom. The van der Waals surface area contributed by atoms with Crippen molar-refractivity contribution in [2.45, 2.75) is 18.3 Å². The van der Waals surface area contributed by atoms with E-state index < -0.39 is 0 Å². The Labute approximate surface area is 167 Å². The van der Waals surface area contributed by atoms with Gasteiger partial charge < -0.3 is 4.74 Å². The molecule has 1 amide bonds. The second-order valence-electron chi connectivity index (χ2n) is 7.66. The number of benzene rings is 2. The molecule has 3 aromatic rings. The first kappa shape index (κ1) is 16.2. The maximum absolute atomic E-state index is 13.2. The number of carbonyl (C=O) groups is 2. The number of pyridine rings is 1. The highest BCUT2D eigenvalue weighted by atomic mass is 16.5. The zero-order valence-corrected chi connectivity index (χ0v) is 15.5. The molecule has 1 fully saturated rings. The molecule has 0 bridgehead atoms. The normalized spacial score (nSPS) is 19.4. The van der Waals surface area contributed by atoms with Gasteiger partial charge in [-0.1, -0.05) is 36.4 Å². The van der Waals surface area contributed by atoms with E-state index in [1.807, 2.05) is 42.5 Å². The summed E-state index contributed by atoms with van der Waals surface area (Å²) in [4.78, 5) is 31.4. The topological polar surface area (TPSA) is 59.5 Å². The van der Waals surface area contributed by atoms with Gasteiger partial charge in [-0.25, -0.2) is 4.79 Å². The molecule has 2 aliphatic heterocycles. The van der Waals surface area contributed by atoms with Crippen molar-refractivity contribution in [2.24, 2.45) is 0 Å². The van der Waals surface area contributed by atoms with Crippen molar-refractivity contribution >= 4 is 35.1 Å². The smallest absolute Gasteiger partial charge is 0.344 e. The summed E-state index contributed by atoms with van der Waals surface area (Å²) < 4.78 is 5.44. The van der Waals surface area contributed by atoms with Gasteiger partial charge in [0.15, 0.2) is 0 Å². The van der Waals surface area contributed by atoms with Gasteiger partial charge in [0, 0.05) is 11.8 Å². The molecular formula is C24H16N2O3. The van der Waals surface area contributed by atoms with Crippen molar-refractivity contribution in [1.82, 2.24) is 4.98 Å². The van der Waals surface area contributed by atoms with Gasteiger partial charge in [0.2, 0.25) is 5.91 Å². The largest absolute Gasteiger partial charge is 0.422 e. The van der Waals surface area contributed by atoms with Crippen molar-refractivity contribution in [1.29, 1.82) is 0 Å². The van der Waals surface area contributed by atoms with Crippen LogP contribution < -0.4 is 4.90 Å². The molecule has 1 spiro atoms. The highest BCUT2D eigenvalue weighted by molar-refractivity contribution is 6.14. The minimum atomic E-state index is -0.356. The van der Waals surface area contributed by atoms with E-state index in [0.29, 0.717) is 11.3 Å². The molecule has 5 heteroatoms. The van der Waals surface area contributed by atoms with Gasteiger partial charge in [0.1, 0.15) is 5.76 Å². The number of cyclic esters (lactones) is 1. The van der Waals surface area contributed by atoms with Crippen molar-refractivity contribution in [3.8, 4) is 0 Å². The highest BCUT2D eigenvalue weighted by Crippen LogP contribution is 2.58. The number of fused-ring (bicyclic) bond motifs is 3. The SMILES string of the molecule is O=C1OC(=Cc2cncc(N3C(=O)C4(CC4)c4ccccc43)c2)c2ccccc21. The van der Waals surface area contributed by atoms with E-state index in [-0.39, 0.29) is 17.3 Å². The number of esters is 1. The number of para-hydroxylation sites is 1. The lowest BCUT2D eigenvalue weighted by Crippen LogP contribution is -2.28. The molecule has 1 aromatic heterocycles. The molecule has 0 saturated heterocycles. The molecule has 3 aliphatic rings. The fourth-order valence-electron chi connectivity index (χ4n) is 4.37. The number of nitrogens with zero attached hydrogens (tertiary/aromatic N) is 2. The molecule has 0 atom stereocenters.